The standard InChI is InChI=1S/C74H86BrN3.2C2H6/c1-20-73(16,17)52-32-38-57(39-33-52)78(68-48(2)42-53(43-49(68)3)71(10,11)12)59-25-23-24-58(46-59)77(60-40-41-62-61-26-21-22-27-63(61)74(18,19)64(62)47-60)66-45-54(72(13,14)15)44-65(67(66)75)76(55-34-28-50(29-35-55)69(4,5)6)56-36-30-51(31-37-56)70(7,8)9;2*1-2/h21-47H,20H2,1-19H3;2*1-2H3. The first-order valence-electron chi connectivity index (χ1n) is 30.4. The summed E-state index contributed by atoms with van der Waals surface area (Å²) < 4.78 is 0.999. The number of aryl methyl sites for hydroxylation is 2. The molecule has 4 heteroatoms. The molecule has 1 aliphatic carbocycles. The van der Waals surface area contributed by atoms with E-state index in [1.165, 1.54) is 66.9 Å². The molecule has 8 aromatic carbocycles. The summed E-state index contributed by atoms with van der Waals surface area (Å²) >= 11 is 4.47. The molecule has 0 aromatic heterocycles. The predicted molar refractivity (Wildman–Crippen MR) is 366 cm³/mol. The summed E-state index contributed by atoms with van der Waals surface area (Å²) in [5, 5.41) is 0. The monoisotopic (exact) mass is 1160 g/mol. The Bertz CT molecular complexity index is 3410. The lowest BCUT2D eigenvalue weighted by Gasteiger charge is -2.35. The van der Waals surface area contributed by atoms with E-state index in [1.807, 2.05) is 27.7 Å². The average molecular weight is 1160 g/mol. The molecule has 0 saturated carbocycles. The van der Waals surface area contributed by atoms with Crippen molar-refractivity contribution in [3.63, 3.8) is 0 Å². The van der Waals surface area contributed by atoms with Crippen LogP contribution in [-0.2, 0) is 32.5 Å². The Kier molecular flexibility index (Phi) is 18.6. The molecule has 0 amide bonds. The van der Waals surface area contributed by atoms with Gasteiger partial charge in [-0.25, -0.2) is 0 Å². The van der Waals surface area contributed by atoms with Crippen LogP contribution in [0.15, 0.2) is 168 Å². The fourth-order valence-corrected chi connectivity index (χ4v) is 12.0. The third kappa shape index (κ3) is 12.7. The number of rotatable bonds is 11. The lowest BCUT2D eigenvalue weighted by molar-refractivity contribution is 0.506. The molecular weight excluding hydrogens is 1060 g/mol. The van der Waals surface area contributed by atoms with Gasteiger partial charge >= 0.3 is 0 Å². The molecule has 0 bridgehead atoms. The van der Waals surface area contributed by atoms with Gasteiger partial charge in [0.25, 0.3) is 0 Å². The summed E-state index contributed by atoms with van der Waals surface area (Å²) in [5.41, 5.74) is 23.9. The highest BCUT2D eigenvalue weighted by Gasteiger charge is 2.37. The molecule has 1 aliphatic rings. The summed E-state index contributed by atoms with van der Waals surface area (Å²) in [6.45, 7) is 52.0. The van der Waals surface area contributed by atoms with Crippen LogP contribution < -0.4 is 14.7 Å². The van der Waals surface area contributed by atoms with E-state index in [2.05, 4.69) is 326 Å². The van der Waals surface area contributed by atoms with E-state index < -0.39 is 0 Å². The number of hydrogen-bond acceptors (Lipinski definition) is 3. The maximum atomic E-state index is 4.47. The third-order valence-corrected chi connectivity index (χ3v) is 17.7. The second kappa shape index (κ2) is 24.1. The van der Waals surface area contributed by atoms with Crippen molar-refractivity contribution in [3.8, 4) is 11.1 Å². The van der Waals surface area contributed by atoms with Gasteiger partial charge in [0, 0.05) is 39.5 Å². The van der Waals surface area contributed by atoms with Gasteiger partial charge in [-0.05, 0) is 203 Å². The van der Waals surface area contributed by atoms with Crippen molar-refractivity contribution in [2.45, 2.75) is 198 Å². The zero-order chi connectivity index (χ0) is 60.7. The van der Waals surface area contributed by atoms with Crippen molar-refractivity contribution >= 4 is 67.1 Å². The van der Waals surface area contributed by atoms with Crippen LogP contribution in [0.3, 0.4) is 0 Å². The zero-order valence-electron chi connectivity index (χ0n) is 54.5. The van der Waals surface area contributed by atoms with Gasteiger partial charge < -0.3 is 14.7 Å². The van der Waals surface area contributed by atoms with Crippen LogP contribution >= 0.6 is 15.9 Å². The molecule has 8 aromatic rings. The second-order valence-electron chi connectivity index (χ2n) is 27.6. The van der Waals surface area contributed by atoms with Crippen molar-refractivity contribution in [2.24, 2.45) is 0 Å². The molecule has 0 N–H and O–H groups in total. The molecule has 0 unspecified atom stereocenters. The normalized spacial score (nSPS) is 13.0. The second-order valence-corrected chi connectivity index (χ2v) is 28.4. The van der Waals surface area contributed by atoms with Crippen LogP contribution in [0.5, 0.6) is 0 Å². The molecule has 0 atom stereocenters. The lowest BCUT2D eigenvalue weighted by Crippen LogP contribution is -2.20. The minimum Gasteiger partial charge on any atom is -0.310 e. The number of benzene rings is 8. The number of anilines is 9. The summed E-state index contributed by atoms with van der Waals surface area (Å²) in [6.07, 6.45) is 1.06. The topological polar surface area (TPSA) is 9.72 Å². The molecule has 0 fully saturated rings. The van der Waals surface area contributed by atoms with E-state index in [1.54, 1.807) is 0 Å². The van der Waals surface area contributed by atoms with Crippen LogP contribution in [-0.4, -0.2) is 0 Å². The highest BCUT2D eigenvalue weighted by molar-refractivity contribution is 9.10. The molecular formula is C78H98BrN3. The molecule has 0 heterocycles. The third-order valence-electron chi connectivity index (χ3n) is 16.9. The molecule has 0 aliphatic heterocycles. The van der Waals surface area contributed by atoms with Crippen molar-refractivity contribution < 1.29 is 0 Å². The smallest absolute Gasteiger partial charge is 0.0657 e. The van der Waals surface area contributed by atoms with Crippen molar-refractivity contribution in [1.82, 2.24) is 0 Å². The van der Waals surface area contributed by atoms with Crippen LogP contribution in [0.4, 0.5) is 51.2 Å². The zero-order valence-corrected chi connectivity index (χ0v) is 56.1. The summed E-state index contributed by atoms with van der Waals surface area (Å²) in [7, 11) is 0. The van der Waals surface area contributed by atoms with Gasteiger partial charge in [-0.2, -0.15) is 0 Å². The van der Waals surface area contributed by atoms with Crippen molar-refractivity contribution in [1.29, 1.82) is 0 Å². The Labute approximate surface area is 506 Å². The first-order valence-corrected chi connectivity index (χ1v) is 31.2. The minimum atomic E-state index is -0.208. The quantitative estimate of drug-likeness (QED) is 0.128. The predicted octanol–water partition coefficient (Wildman–Crippen LogP) is 24.7. The van der Waals surface area contributed by atoms with E-state index in [9.17, 15) is 0 Å². The van der Waals surface area contributed by atoms with Crippen LogP contribution in [0.1, 0.15) is 202 Å². The van der Waals surface area contributed by atoms with E-state index in [-0.39, 0.29) is 32.5 Å². The molecule has 82 heavy (non-hydrogen) atoms. The van der Waals surface area contributed by atoms with Gasteiger partial charge in [-0.1, -0.05) is 230 Å². The Balaban J connectivity index is 0.00000237. The van der Waals surface area contributed by atoms with Gasteiger partial charge in [0.2, 0.25) is 0 Å². The van der Waals surface area contributed by atoms with Gasteiger partial charge in [-0.3, -0.25) is 0 Å². The lowest BCUT2D eigenvalue weighted by atomic mass is 9.82. The summed E-state index contributed by atoms with van der Waals surface area (Å²) in [4.78, 5) is 7.47. The Morgan fingerprint density at radius 2 is 0.732 bits per heavy atom. The van der Waals surface area contributed by atoms with Gasteiger partial charge in [0.05, 0.1) is 21.5 Å². The van der Waals surface area contributed by atoms with Crippen molar-refractivity contribution in [2.75, 3.05) is 14.7 Å². The van der Waals surface area contributed by atoms with E-state index in [4.69, 9.17) is 0 Å². The largest absolute Gasteiger partial charge is 0.310 e. The summed E-state index contributed by atoms with van der Waals surface area (Å²) in [6, 6.07) is 62.9. The average Bonchev–Trinajstić information content (AvgIpc) is 3.65. The first-order chi connectivity index (χ1) is 38.4. The maximum absolute atomic E-state index is 4.47. The Morgan fingerprint density at radius 3 is 1.18 bits per heavy atom. The molecule has 3 nitrogen and oxygen atoms in total. The molecule has 9 rings (SSSR count). The highest BCUT2D eigenvalue weighted by Crippen LogP contribution is 2.54. The molecule has 432 valence electrons. The Hall–Kier alpha value is -6.36. The van der Waals surface area contributed by atoms with Crippen LogP contribution in [0.25, 0.3) is 11.1 Å². The SMILES string of the molecule is CC.CC.CCC(C)(C)c1ccc(N(c2cccc(N(c3ccc4c(c3)C(C)(C)c3ccccc3-4)c3cc(C(C)(C)C)cc(N(c4ccc(C(C)(C)C)cc4)c4ccc(C(C)(C)C)cc4)c3Br)c2)c2c(C)cc(C(C)(C)C)cc2C)cc1. The van der Waals surface area contributed by atoms with Gasteiger partial charge in [-0.15, -0.1) is 0 Å². The fourth-order valence-electron chi connectivity index (χ4n) is 11.4. The maximum Gasteiger partial charge on any atom is 0.0657 e. The van der Waals surface area contributed by atoms with E-state index in [0.717, 1.165) is 56.4 Å². The molecule has 0 spiro atoms. The first kappa shape index (κ1) is 63.2. The fraction of sp³-hybridized carbons (Fsp3) is 0.385. The van der Waals surface area contributed by atoms with E-state index >= 15 is 0 Å². The minimum absolute atomic E-state index is 0.00758. The Morgan fingerprint density at radius 1 is 0.366 bits per heavy atom. The number of hydrogen-bond donors (Lipinski definition) is 0. The highest BCUT2D eigenvalue weighted by atomic mass is 79.9. The number of halogens is 1. The molecule has 0 radical (unpaired) electrons. The molecule has 0 saturated heterocycles. The van der Waals surface area contributed by atoms with Crippen LogP contribution in [0, 0.1) is 13.8 Å². The van der Waals surface area contributed by atoms with Crippen molar-refractivity contribution in [3.05, 3.63) is 218 Å². The van der Waals surface area contributed by atoms with E-state index in [0.29, 0.717) is 0 Å². The number of fused-ring (bicyclic) bond motifs is 3. The van der Waals surface area contributed by atoms with Gasteiger partial charge in [0.1, 0.15) is 0 Å². The number of nitrogens with zero attached hydrogens (tertiary/aromatic N) is 3. The van der Waals surface area contributed by atoms with Crippen LogP contribution in [0.2, 0.25) is 0 Å². The summed E-state index contributed by atoms with van der Waals surface area (Å²) in [5.74, 6) is 0. The van der Waals surface area contributed by atoms with Gasteiger partial charge in [0.15, 0.2) is 0 Å².